The Bertz CT molecular complexity index is 1110. The van der Waals surface area contributed by atoms with Crippen molar-refractivity contribution in [2.45, 2.75) is 62.8 Å². The van der Waals surface area contributed by atoms with Crippen molar-refractivity contribution in [1.29, 1.82) is 0 Å². The molecule has 0 unspecified atom stereocenters. The van der Waals surface area contributed by atoms with E-state index in [0.29, 0.717) is 13.0 Å². The Morgan fingerprint density at radius 1 is 1.18 bits per heavy atom. The lowest BCUT2D eigenvalue weighted by Gasteiger charge is -2.48. The molecule has 2 aliphatic rings. The predicted octanol–water partition coefficient (Wildman–Crippen LogP) is 4.86. The number of carbonyl (C=O) groups is 1. The Balaban J connectivity index is 1.34. The lowest BCUT2D eigenvalue weighted by molar-refractivity contribution is -0.120. The molecule has 5 nitrogen and oxygen atoms in total. The number of fused-ring (bicyclic) bond motifs is 1. The molecule has 5 rings (SSSR count). The predicted molar refractivity (Wildman–Crippen MR) is 136 cm³/mol. The van der Waals surface area contributed by atoms with Crippen LogP contribution in [0.4, 0.5) is 0 Å². The molecule has 1 aliphatic carbocycles. The zero-order valence-corrected chi connectivity index (χ0v) is 20.3. The Hall–Kier alpha value is -2.67. The standard InChI is InChI=1S/C28H32N2O3S/c1-19(31)30-23(15-20-7-3-2-4-8-20)25(32)18-29-24-17-28(12-6-13-28)33-26-11-10-21(16-22(24)26)27-9-5-14-34-27/h2-5,7-11,14,16,23-25,29,32H,6,12-13,15,17-18H2,1H3,(H,30,31)/t23-,24-,25+/m0/s1. The Morgan fingerprint density at radius 2 is 2.00 bits per heavy atom. The highest BCUT2D eigenvalue weighted by atomic mass is 32.1. The van der Waals surface area contributed by atoms with E-state index in [1.54, 1.807) is 11.3 Å². The molecule has 3 atom stereocenters. The van der Waals surface area contributed by atoms with Gasteiger partial charge >= 0.3 is 0 Å². The van der Waals surface area contributed by atoms with E-state index in [2.05, 4.69) is 46.3 Å². The fourth-order valence-corrected chi connectivity index (χ4v) is 5.87. The van der Waals surface area contributed by atoms with E-state index in [9.17, 15) is 9.90 Å². The van der Waals surface area contributed by atoms with Crippen molar-refractivity contribution in [3.05, 3.63) is 77.2 Å². The van der Waals surface area contributed by atoms with Gasteiger partial charge in [0.05, 0.1) is 12.1 Å². The number of aliphatic hydroxyl groups is 1. The molecule has 6 heteroatoms. The second kappa shape index (κ2) is 9.90. The highest BCUT2D eigenvalue weighted by Gasteiger charge is 2.45. The summed E-state index contributed by atoms with van der Waals surface area (Å²) in [6.45, 7) is 1.89. The summed E-state index contributed by atoms with van der Waals surface area (Å²) in [6.07, 6.45) is 4.10. The molecule has 2 heterocycles. The Kier molecular flexibility index (Phi) is 6.73. The molecule has 178 valence electrons. The monoisotopic (exact) mass is 476 g/mol. The van der Waals surface area contributed by atoms with Gasteiger partial charge in [-0.1, -0.05) is 36.4 Å². The van der Waals surface area contributed by atoms with E-state index < -0.39 is 6.10 Å². The molecule has 2 aromatic carbocycles. The molecular weight excluding hydrogens is 444 g/mol. The van der Waals surface area contributed by atoms with Gasteiger partial charge in [0.15, 0.2) is 0 Å². The largest absolute Gasteiger partial charge is 0.487 e. The Morgan fingerprint density at radius 3 is 2.68 bits per heavy atom. The fraction of sp³-hybridized carbons (Fsp3) is 0.393. The summed E-state index contributed by atoms with van der Waals surface area (Å²) >= 11 is 1.73. The van der Waals surface area contributed by atoms with Crippen molar-refractivity contribution >= 4 is 17.2 Å². The molecule has 0 radical (unpaired) electrons. The van der Waals surface area contributed by atoms with E-state index in [1.165, 1.54) is 23.8 Å². The summed E-state index contributed by atoms with van der Waals surface area (Å²) < 4.78 is 6.49. The maximum atomic E-state index is 11.8. The third-order valence-corrected chi connectivity index (χ3v) is 8.00. The van der Waals surface area contributed by atoms with E-state index >= 15 is 0 Å². The van der Waals surface area contributed by atoms with Crippen LogP contribution in [0.15, 0.2) is 66.0 Å². The number of aliphatic hydroxyl groups excluding tert-OH is 1. The van der Waals surface area contributed by atoms with Crippen LogP contribution >= 0.6 is 11.3 Å². The zero-order valence-electron chi connectivity index (χ0n) is 19.5. The van der Waals surface area contributed by atoms with Gasteiger partial charge in [-0.15, -0.1) is 11.3 Å². The van der Waals surface area contributed by atoms with Gasteiger partial charge in [0, 0.05) is 36.4 Å². The van der Waals surface area contributed by atoms with E-state index in [-0.39, 0.29) is 23.6 Å². The van der Waals surface area contributed by atoms with E-state index in [4.69, 9.17) is 4.74 Å². The molecule has 1 amide bonds. The smallest absolute Gasteiger partial charge is 0.217 e. The number of benzene rings is 2. The van der Waals surface area contributed by atoms with Crippen LogP contribution < -0.4 is 15.4 Å². The first-order chi connectivity index (χ1) is 16.5. The second-order valence-electron chi connectivity index (χ2n) is 9.60. The van der Waals surface area contributed by atoms with Crippen molar-refractivity contribution in [2.75, 3.05) is 6.54 Å². The SMILES string of the molecule is CC(=O)N[C@@H](Cc1ccccc1)[C@H](O)CN[C@H]1CC2(CCC2)Oc2ccc(-c3cccs3)cc21. The molecule has 1 saturated carbocycles. The van der Waals surface area contributed by atoms with Crippen LogP contribution in [0.1, 0.15) is 49.8 Å². The van der Waals surface area contributed by atoms with Crippen LogP contribution in [0.25, 0.3) is 10.4 Å². The van der Waals surface area contributed by atoms with Crippen LogP contribution in [0, 0.1) is 0 Å². The summed E-state index contributed by atoms with van der Waals surface area (Å²) in [6, 6.07) is 20.4. The van der Waals surface area contributed by atoms with Gasteiger partial charge in [-0.05, 0) is 66.5 Å². The van der Waals surface area contributed by atoms with Gasteiger partial charge in [0.2, 0.25) is 5.91 Å². The number of carbonyl (C=O) groups excluding carboxylic acids is 1. The minimum Gasteiger partial charge on any atom is -0.487 e. The fourth-order valence-electron chi connectivity index (χ4n) is 5.14. The molecule has 34 heavy (non-hydrogen) atoms. The normalized spacial score (nSPS) is 20.0. The van der Waals surface area contributed by atoms with Crippen molar-refractivity contribution in [2.24, 2.45) is 0 Å². The van der Waals surface area contributed by atoms with Gasteiger partial charge in [0.1, 0.15) is 11.4 Å². The molecule has 0 saturated heterocycles. The molecule has 3 aromatic rings. The summed E-state index contributed by atoms with van der Waals surface area (Å²) in [5.74, 6) is 0.811. The Labute approximate surface area is 205 Å². The number of amides is 1. The number of nitrogens with one attached hydrogen (secondary N) is 2. The highest BCUT2D eigenvalue weighted by Crippen LogP contribution is 2.49. The number of rotatable bonds is 8. The lowest BCUT2D eigenvalue weighted by Crippen LogP contribution is -2.52. The maximum Gasteiger partial charge on any atom is 0.217 e. The molecular formula is C28H32N2O3S. The first kappa shape index (κ1) is 23.1. The molecule has 0 bridgehead atoms. The summed E-state index contributed by atoms with van der Waals surface area (Å²) in [5.41, 5.74) is 3.33. The number of thiophene rings is 1. The lowest BCUT2D eigenvalue weighted by atomic mass is 9.72. The summed E-state index contributed by atoms with van der Waals surface area (Å²) in [7, 11) is 0. The first-order valence-electron chi connectivity index (χ1n) is 12.1. The zero-order chi connectivity index (χ0) is 23.5. The van der Waals surface area contributed by atoms with Crippen LogP contribution in [-0.2, 0) is 11.2 Å². The molecule has 1 fully saturated rings. The molecule has 1 aliphatic heterocycles. The number of ether oxygens (including phenoxy) is 1. The number of hydrogen-bond acceptors (Lipinski definition) is 5. The summed E-state index contributed by atoms with van der Waals surface area (Å²) in [5, 5.41) is 19.8. The van der Waals surface area contributed by atoms with Crippen LogP contribution in [0.2, 0.25) is 0 Å². The van der Waals surface area contributed by atoms with Gasteiger partial charge < -0.3 is 20.5 Å². The van der Waals surface area contributed by atoms with Crippen molar-refractivity contribution in [1.82, 2.24) is 10.6 Å². The van der Waals surface area contributed by atoms with Crippen LogP contribution in [0.5, 0.6) is 5.75 Å². The van der Waals surface area contributed by atoms with E-state index in [1.807, 2.05) is 30.3 Å². The van der Waals surface area contributed by atoms with Crippen molar-refractivity contribution < 1.29 is 14.6 Å². The van der Waals surface area contributed by atoms with Gasteiger partial charge in [-0.25, -0.2) is 0 Å². The quantitative estimate of drug-likeness (QED) is 0.434. The molecule has 1 aromatic heterocycles. The average molecular weight is 477 g/mol. The van der Waals surface area contributed by atoms with Gasteiger partial charge in [-0.2, -0.15) is 0 Å². The third-order valence-electron chi connectivity index (χ3n) is 7.08. The average Bonchev–Trinajstić information content (AvgIpc) is 3.36. The summed E-state index contributed by atoms with van der Waals surface area (Å²) in [4.78, 5) is 13.1. The van der Waals surface area contributed by atoms with Gasteiger partial charge in [0.25, 0.3) is 0 Å². The molecule has 3 N–H and O–H groups in total. The van der Waals surface area contributed by atoms with Crippen LogP contribution in [-0.4, -0.2) is 35.3 Å². The molecule has 1 spiro atoms. The second-order valence-corrected chi connectivity index (χ2v) is 10.5. The van der Waals surface area contributed by atoms with Crippen LogP contribution in [0.3, 0.4) is 0 Å². The van der Waals surface area contributed by atoms with E-state index in [0.717, 1.165) is 36.1 Å². The third kappa shape index (κ3) is 5.04. The highest BCUT2D eigenvalue weighted by molar-refractivity contribution is 7.13. The first-order valence-corrected chi connectivity index (χ1v) is 13.0. The van der Waals surface area contributed by atoms with Crippen molar-refractivity contribution in [3.63, 3.8) is 0 Å². The maximum absolute atomic E-state index is 11.8. The minimum absolute atomic E-state index is 0.0910. The number of hydrogen-bond donors (Lipinski definition) is 3. The minimum atomic E-state index is -0.715. The topological polar surface area (TPSA) is 70.6 Å². The van der Waals surface area contributed by atoms with Gasteiger partial charge in [-0.3, -0.25) is 4.79 Å². The van der Waals surface area contributed by atoms with Crippen molar-refractivity contribution in [3.8, 4) is 16.2 Å².